The molecule has 3 rings (SSSR count). The Morgan fingerprint density at radius 2 is 2.00 bits per heavy atom. The van der Waals surface area contributed by atoms with Crippen molar-refractivity contribution in [3.8, 4) is 0 Å². The zero-order valence-electron chi connectivity index (χ0n) is 14.9. The fraction of sp³-hybridized carbons (Fsp3) is 0.278. The van der Waals surface area contributed by atoms with Gasteiger partial charge in [0.25, 0.3) is 5.91 Å². The summed E-state index contributed by atoms with van der Waals surface area (Å²) in [6.45, 7) is 4.82. The SMILES string of the molecule is Cc1ccc(NC(=O)c2cccc(CN(C)Cc3noc(C)n3)c2)nn1. The maximum absolute atomic E-state index is 12.4. The minimum atomic E-state index is -0.221. The Balaban J connectivity index is 1.63. The predicted octanol–water partition coefficient (Wildman–Crippen LogP) is 2.36. The van der Waals surface area contributed by atoms with E-state index in [1.807, 2.05) is 37.1 Å². The molecule has 8 heteroatoms. The summed E-state index contributed by atoms with van der Waals surface area (Å²) < 4.78 is 4.98. The van der Waals surface area contributed by atoms with E-state index < -0.39 is 0 Å². The normalized spacial score (nSPS) is 10.9. The molecule has 2 aromatic heterocycles. The van der Waals surface area contributed by atoms with Crippen LogP contribution < -0.4 is 5.32 Å². The summed E-state index contributed by atoms with van der Waals surface area (Å²) in [4.78, 5) is 18.6. The van der Waals surface area contributed by atoms with Crippen LogP contribution in [0.4, 0.5) is 5.82 Å². The van der Waals surface area contributed by atoms with Gasteiger partial charge in [0.05, 0.1) is 12.2 Å². The average molecular weight is 352 g/mol. The first-order valence-electron chi connectivity index (χ1n) is 8.18. The standard InChI is InChI=1S/C18H20N6O2/c1-12-7-8-16(22-21-12)20-18(25)15-6-4-5-14(9-15)10-24(3)11-17-19-13(2)26-23-17/h4-9H,10-11H2,1-3H3,(H,20,22,25). The minimum absolute atomic E-state index is 0.221. The Hall–Kier alpha value is -3.13. The lowest BCUT2D eigenvalue weighted by molar-refractivity contribution is 0.102. The molecule has 0 aliphatic rings. The number of benzene rings is 1. The first kappa shape index (κ1) is 17.7. The molecule has 0 aliphatic carbocycles. The maximum Gasteiger partial charge on any atom is 0.256 e. The Bertz CT molecular complexity index is 891. The van der Waals surface area contributed by atoms with E-state index in [4.69, 9.17) is 4.52 Å². The van der Waals surface area contributed by atoms with Crippen LogP contribution in [-0.4, -0.2) is 38.2 Å². The minimum Gasteiger partial charge on any atom is -0.340 e. The predicted molar refractivity (Wildman–Crippen MR) is 95.4 cm³/mol. The average Bonchev–Trinajstić information content (AvgIpc) is 3.01. The number of nitrogens with one attached hydrogen (secondary N) is 1. The lowest BCUT2D eigenvalue weighted by Gasteiger charge is -2.15. The first-order chi connectivity index (χ1) is 12.5. The molecular weight excluding hydrogens is 332 g/mol. The largest absolute Gasteiger partial charge is 0.340 e. The van der Waals surface area contributed by atoms with Crippen LogP contribution in [0, 0.1) is 13.8 Å². The van der Waals surface area contributed by atoms with Gasteiger partial charge in [-0.25, -0.2) is 0 Å². The number of nitrogens with zero attached hydrogens (tertiary/aromatic N) is 5. The van der Waals surface area contributed by atoms with E-state index in [-0.39, 0.29) is 5.91 Å². The van der Waals surface area contributed by atoms with E-state index in [1.165, 1.54) is 0 Å². The molecule has 0 aliphatic heterocycles. The third-order valence-electron chi connectivity index (χ3n) is 3.66. The van der Waals surface area contributed by atoms with Gasteiger partial charge in [0.2, 0.25) is 5.89 Å². The molecule has 1 N–H and O–H groups in total. The molecule has 3 aromatic rings. The highest BCUT2D eigenvalue weighted by Gasteiger charge is 2.10. The van der Waals surface area contributed by atoms with Crippen LogP contribution >= 0.6 is 0 Å². The third kappa shape index (κ3) is 4.70. The van der Waals surface area contributed by atoms with Gasteiger partial charge in [-0.1, -0.05) is 17.3 Å². The highest BCUT2D eigenvalue weighted by Crippen LogP contribution is 2.11. The molecule has 0 saturated heterocycles. The molecule has 0 spiro atoms. The molecule has 0 atom stereocenters. The molecule has 2 heterocycles. The van der Waals surface area contributed by atoms with Crippen LogP contribution in [0.15, 0.2) is 40.9 Å². The highest BCUT2D eigenvalue weighted by atomic mass is 16.5. The number of hydrogen-bond acceptors (Lipinski definition) is 7. The lowest BCUT2D eigenvalue weighted by Crippen LogP contribution is -2.19. The number of carbonyl (C=O) groups is 1. The van der Waals surface area contributed by atoms with Crippen LogP contribution in [-0.2, 0) is 13.1 Å². The van der Waals surface area contributed by atoms with Crippen LogP contribution in [0.25, 0.3) is 0 Å². The quantitative estimate of drug-likeness (QED) is 0.727. The van der Waals surface area contributed by atoms with E-state index in [1.54, 1.807) is 25.1 Å². The van der Waals surface area contributed by atoms with Gasteiger partial charge in [0, 0.05) is 19.0 Å². The van der Waals surface area contributed by atoms with Crippen LogP contribution in [0.1, 0.15) is 33.3 Å². The molecule has 1 aromatic carbocycles. The van der Waals surface area contributed by atoms with Crippen LogP contribution in [0.2, 0.25) is 0 Å². The maximum atomic E-state index is 12.4. The monoisotopic (exact) mass is 352 g/mol. The Morgan fingerprint density at radius 3 is 2.69 bits per heavy atom. The molecule has 1 amide bonds. The Kier molecular flexibility index (Phi) is 5.33. The molecule has 0 unspecified atom stereocenters. The number of anilines is 1. The van der Waals surface area contributed by atoms with Crippen LogP contribution in [0.3, 0.4) is 0 Å². The summed E-state index contributed by atoms with van der Waals surface area (Å²) in [5, 5.41) is 14.5. The van der Waals surface area contributed by atoms with Crippen molar-refractivity contribution in [2.75, 3.05) is 12.4 Å². The zero-order chi connectivity index (χ0) is 18.5. The van der Waals surface area contributed by atoms with Crippen molar-refractivity contribution in [2.24, 2.45) is 0 Å². The van der Waals surface area contributed by atoms with Crippen molar-refractivity contribution in [3.05, 3.63) is 64.9 Å². The molecule has 0 bridgehead atoms. The Labute approximate surface area is 151 Å². The van der Waals surface area contributed by atoms with Crippen molar-refractivity contribution in [1.82, 2.24) is 25.2 Å². The van der Waals surface area contributed by atoms with Gasteiger partial charge in [-0.15, -0.1) is 5.10 Å². The van der Waals surface area contributed by atoms with Crippen LogP contribution in [0.5, 0.6) is 0 Å². The van der Waals surface area contributed by atoms with Crippen molar-refractivity contribution in [1.29, 1.82) is 0 Å². The molecule has 0 saturated carbocycles. The molecule has 8 nitrogen and oxygen atoms in total. The number of amides is 1. The van der Waals surface area contributed by atoms with Crippen molar-refractivity contribution >= 4 is 11.7 Å². The van der Waals surface area contributed by atoms with E-state index in [0.29, 0.717) is 36.2 Å². The molecular formula is C18H20N6O2. The Morgan fingerprint density at radius 1 is 1.15 bits per heavy atom. The molecule has 134 valence electrons. The van der Waals surface area contributed by atoms with Crippen molar-refractivity contribution in [2.45, 2.75) is 26.9 Å². The van der Waals surface area contributed by atoms with Gasteiger partial charge < -0.3 is 9.84 Å². The summed E-state index contributed by atoms with van der Waals surface area (Å²) in [5.41, 5.74) is 2.37. The topological polar surface area (TPSA) is 97.0 Å². The lowest BCUT2D eigenvalue weighted by atomic mass is 10.1. The number of aryl methyl sites for hydroxylation is 2. The van der Waals surface area contributed by atoms with Gasteiger partial charge in [0.15, 0.2) is 11.6 Å². The number of rotatable bonds is 6. The molecule has 0 radical (unpaired) electrons. The van der Waals surface area contributed by atoms with Gasteiger partial charge in [-0.3, -0.25) is 9.69 Å². The second-order valence-electron chi connectivity index (χ2n) is 6.12. The van der Waals surface area contributed by atoms with Gasteiger partial charge in [-0.2, -0.15) is 10.1 Å². The van der Waals surface area contributed by atoms with Crippen molar-refractivity contribution in [3.63, 3.8) is 0 Å². The van der Waals surface area contributed by atoms with E-state index in [9.17, 15) is 4.79 Å². The van der Waals surface area contributed by atoms with E-state index >= 15 is 0 Å². The van der Waals surface area contributed by atoms with Gasteiger partial charge in [0.1, 0.15) is 0 Å². The van der Waals surface area contributed by atoms with Gasteiger partial charge in [-0.05, 0) is 43.8 Å². The zero-order valence-corrected chi connectivity index (χ0v) is 14.9. The third-order valence-corrected chi connectivity index (χ3v) is 3.66. The number of hydrogen-bond donors (Lipinski definition) is 1. The second kappa shape index (κ2) is 7.83. The fourth-order valence-corrected chi connectivity index (χ4v) is 2.48. The summed E-state index contributed by atoms with van der Waals surface area (Å²) >= 11 is 0. The van der Waals surface area contributed by atoms with Gasteiger partial charge >= 0.3 is 0 Å². The number of aromatic nitrogens is 4. The molecule has 26 heavy (non-hydrogen) atoms. The molecule has 0 fully saturated rings. The summed E-state index contributed by atoms with van der Waals surface area (Å²) in [6.07, 6.45) is 0. The van der Waals surface area contributed by atoms with Crippen molar-refractivity contribution < 1.29 is 9.32 Å². The summed E-state index contributed by atoms with van der Waals surface area (Å²) in [5.74, 6) is 1.39. The smallest absolute Gasteiger partial charge is 0.256 e. The summed E-state index contributed by atoms with van der Waals surface area (Å²) in [6, 6.07) is 11.0. The summed E-state index contributed by atoms with van der Waals surface area (Å²) in [7, 11) is 1.96. The van der Waals surface area contributed by atoms with E-state index in [0.717, 1.165) is 11.3 Å². The fourth-order valence-electron chi connectivity index (χ4n) is 2.48. The van der Waals surface area contributed by atoms with E-state index in [2.05, 4.69) is 25.7 Å². The first-order valence-corrected chi connectivity index (χ1v) is 8.18. The second-order valence-corrected chi connectivity index (χ2v) is 6.12. The number of carbonyl (C=O) groups excluding carboxylic acids is 1. The highest BCUT2D eigenvalue weighted by molar-refractivity contribution is 6.03.